The highest BCUT2D eigenvalue weighted by Crippen LogP contribution is 2.40. The lowest BCUT2D eigenvalue weighted by atomic mass is 9.97. The van der Waals surface area contributed by atoms with E-state index in [1.165, 1.54) is 17.0 Å². The predicted octanol–water partition coefficient (Wildman–Crippen LogP) is 2.77. The third-order valence-corrected chi connectivity index (χ3v) is 5.54. The van der Waals surface area contributed by atoms with Gasteiger partial charge in [0.15, 0.2) is 5.11 Å². The molecule has 146 valence electrons. The first kappa shape index (κ1) is 19.8. The van der Waals surface area contributed by atoms with Gasteiger partial charge in [-0.3, -0.25) is 4.98 Å². The van der Waals surface area contributed by atoms with Gasteiger partial charge >= 0.3 is 0 Å². The molecule has 7 heteroatoms. The number of ether oxygens (including phenoxy) is 2. The summed E-state index contributed by atoms with van der Waals surface area (Å²) in [4.78, 5) is 6.81. The predicted molar refractivity (Wildman–Crippen MR) is 110 cm³/mol. The van der Waals surface area contributed by atoms with Gasteiger partial charge in [-0.2, -0.15) is 0 Å². The van der Waals surface area contributed by atoms with Crippen molar-refractivity contribution in [3.8, 4) is 0 Å². The maximum absolute atomic E-state index is 5.67. The quantitative estimate of drug-likeness (QED) is 0.702. The standard InChI is InChI=1S/C20H28N4O2S/c1-14-13-16(15(2)23(14)9-11-25-3)19-18(17-7-5-6-8-21-17)22-20(27)24(19)10-12-26-4/h5-8,13,18-19H,9-12H2,1-4H3,(H,22,27). The van der Waals surface area contributed by atoms with Crippen molar-refractivity contribution in [1.82, 2.24) is 19.8 Å². The molecule has 1 aliphatic heterocycles. The lowest BCUT2D eigenvalue weighted by Crippen LogP contribution is -2.32. The summed E-state index contributed by atoms with van der Waals surface area (Å²) in [6.45, 7) is 7.19. The SMILES string of the molecule is COCCN1C(=S)NC(c2ccccn2)C1c1cc(C)n(CCOC)c1C. The van der Waals surface area contributed by atoms with Gasteiger partial charge in [0.25, 0.3) is 0 Å². The second kappa shape index (κ2) is 8.82. The van der Waals surface area contributed by atoms with Crippen molar-refractivity contribution in [3.63, 3.8) is 0 Å². The molecule has 0 bridgehead atoms. The van der Waals surface area contributed by atoms with Crippen molar-refractivity contribution < 1.29 is 9.47 Å². The number of hydrogen-bond acceptors (Lipinski definition) is 4. The molecule has 1 N–H and O–H groups in total. The van der Waals surface area contributed by atoms with E-state index in [1.54, 1.807) is 14.2 Å². The van der Waals surface area contributed by atoms with Gasteiger partial charge < -0.3 is 24.3 Å². The number of rotatable bonds is 8. The first-order chi connectivity index (χ1) is 13.1. The van der Waals surface area contributed by atoms with Crippen molar-refractivity contribution in [2.45, 2.75) is 32.5 Å². The maximum Gasteiger partial charge on any atom is 0.170 e. The summed E-state index contributed by atoms with van der Waals surface area (Å²) in [5, 5.41) is 4.23. The average molecular weight is 389 g/mol. The van der Waals surface area contributed by atoms with Gasteiger partial charge in [-0.1, -0.05) is 6.07 Å². The summed E-state index contributed by atoms with van der Waals surface area (Å²) in [5.74, 6) is 0. The number of hydrogen-bond donors (Lipinski definition) is 1. The Labute approximate surface area is 166 Å². The van der Waals surface area contributed by atoms with Crippen molar-refractivity contribution >= 4 is 17.3 Å². The molecule has 6 nitrogen and oxygen atoms in total. The fraction of sp³-hybridized carbons (Fsp3) is 0.500. The fourth-order valence-corrected chi connectivity index (χ4v) is 4.16. The van der Waals surface area contributed by atoms with Crippen molar-refractivity contribution in [3.05, 3.63) is 53.1 Å². The smallest absolute Gasteiger partial charge is 0.170 e. The van der Waals surface area contributed by atoms with Crippen LogP contribution < -0.4 is 5.32 Å². The number of nitrogens with one attached hydrogen (secondary N) is 1. The van der Waals surface area contributed by atoms with Gasteiger partial charge in [0.05, 0.1) is 31.0 Å². The van der Waals surface area contributed by atoms with Crippen LogP contribution in [0.2, 0.25) is 0 Å². The summed E-state index contributed by atoms with van der Waals surface area (Å²) in [6.07, 6.45) is 1.83. The van der Waals surface area contributed by atoms with Gasteiger partial charge in [0, 0.05) is 44.9 Å². The van der Waals surface area contributed by atoms with E-state index < -0.39 is 0 Å². The molecule has 0 radical (unpaired) electrons. The van der Waals surface area contributed by atoms with Crippen molar-refractivity contribution in [1.29, 1.82) is 0 Å². The maximum atomic E-state index is 5.67. The van der Waals surface area contributed by atoms with Crippen LogP contribution in [-0.4, -0.2) is 53.5 Å². The molecule has 1 fully saturated rings. The van der Waals surface area contributed by atoms with Crippen LogP contribution in [0.4, 0.5) is 0 Å². The molecule has 2 aromatic heterocycles. The highest BCUT2D eigenvalue weighted by atomic mass is 32.1. The van der Waals surface area contributed by atoms with Gasteiger partial charge in [-0.15, -0.1) is 0 Å². The summed E-state index contributed by atoms with van der Waals surface area (Å²) >= 11 is 5.67. The Kier molecular flexibility index (Phi) is 6.46. The van der Waals surface area contributed by atoms with Crippen molar-refractivity contribution in [2.24, 2.45) is 0 Å². The highest BCUT2D eigenvalue weighted by Gasteiger charge is 2.41. The molecule has 0 aliphatic carbocycles. The Morgan fingerprint density at radius 1 is 1.15 bits per heavy atom. The highest BCUT2D eigenvalue weighted by molar-refractivity contribution is 7.80. The second-order valence-electron chi connectivity index (χ2n) is 6.78. The first-order valence-electron chi connectivity index (χ1n) is 9.21. The number of pyridine rings is 1. The second-order valence-corrected chi connectivity index (χ2v) is 7.17. The fourth-order valence-electron chi connectivity index (χ4n) is 3.83. The van der Waals surface area contributed by atoms with E-state index in [0.717, 1.165) is 23.9 Å². The van der Waals surface area contributed by atoms with Crippen LogP contribution in [0.5, 0.6) is 0 Å². The molecule has 3 rings (SSSR count). The van der Waals surface area contributed by atoms with Crippen LogP contribution in [0.1, 0.15) is 34.7 Å². The van der Waals surface area contributed by atoms with E-state index >= 15 is 0 Å². The molecule has 0 saturated carbocycles. The minimum absolute atomic E-state index is 0.00642. The molecular formula is C20H28N4O2S. The van der Waals surface area contributed by atoms with Crippen LogP contribution in [0.25, 0.3) is 0 Å². The zero-order valence-electron chi connectivity index (χ0n) is 16.4. The monoisotopic (exact) mass is 388 g/mol. The number of aromatic nitrogens is 2. The molecular weight excluding hydrogens is 360 g/mol. The number of methoxy groups -OCH3 is 2. The van der Waals surface area contributed by atoms with E-state index in [-0.39, 0.29) is 12.1 Å². The summed E-state index contributed by atoms with van der Waals surface area (Å²) in [7, 11) is 3.45. The van der Waals surface area contributed by atoms with Crippen LogP contribution >= 0.6 is 12.2 Å². The molecule has 2 atom stereocenters. The summed E-state index contributed by atoms with van der Waals surface area (Å²) in [5.41, 5.74) is 4.72. The third kappa shape index (κ3) is 4.00. The van der Waals surface area contributed by atoms with E-state index in [0.29, 0.717) is 13.2 Å². The number of thiocarbonyl (C=S) groups is 1. The third-order valence-electron chi connectivity index (χ3n) is 5.18. The van der Waals surface area contributed by atoms with Crippen LogP contribution in [0.3, 0.4) is 0 Å². The molecule has 3 heterocycles. The largest absolute Gasteiger partial charge is 0.383 e. The molecule has 1 saturated heterocycles. The normalized spacial score (nSPS) is 19.6. The molecule has 1 aliphatic rings. The molecule has 27 heavy (non-hydrogen) atoms. The van der Waals surface area contributed by atoms with Gasteiger partial charge in [0.2, 0.25) is 0 Å². The number of nitrogens with zero attached hydrogens (tertiary/aromatic N) is 3. The van der Waals surface area contributed by atoms with Gasteiger partial charge in [0.1, 0.15) is 0 Å². The Balaban J connectivity index is 2.02. The minimum Gasteiger partial charge on any atom is -0.383 e. The van der Waals surface area contributed by atoms with Gasteiger partial charge in [-0.25, -0.2) is 0 Å². The Hall–Kier alpha value is -1.96. The molecule has 0 aromatic carbocycles. The molecule has 2 aromatic rings. The Morgan fingerprint density at radius 3 is 2.56 bits per heavy atom. The molecule has 2 unspecified atom stereocenters. The number of aryl methyl sites for hydroxylation is 1. The topological polar surface area (TPSA) is 51.5 Å². The molecule has 0 spiro atoms. The lowest BCUT2D eigenvalue weighted by Gasteiger charge is -2.28. The van der Waals surface area contributed by atoms with Crippen LogP contribution in [0, 0.1) is 13.8 Å². The first-order valence-corrected chi connectivity index (χ1v) is 9.61. The van der Waals surface area contributed by atoms with E-state index in [2.05, 4.69) is 45.7 Å². The zero-order chi connectivity index (χ0) is 19.4. The van der Waals surface area contributed by atoms with Crippen LogP contribution in [0.15, 0.2) is 30.5 Å². The van der Waals surface area contributed by atoms with Crippen LogP contribution in [-0.2, 0) is 16.0 Å². The Morgan fingerprint density at radius 2 is 1.89 bits per heavy atom. The van der Waals surface area contributed by atoms with E-state index in [9.17, 15) is 0 Å². The van der Waals surface area contributed by atoms with E-state index in [1.807, 2.05) is 18.3 Å². The van der Waals surface area contributed by atoms with E-state index in [4.69, 9.17) is 21.7 Å². The lowest BCUT2D eigenvalue weighted by molar-refractivity contribution is 0.163. The molecule has 0 amide bonds. The minimum atomic E-state index is 0.00642. The average Bonchev–Trinajstić information content (AvgIpc) is 3.15. The summed E-state index contributed by atoms with van der Waals surface area (Å²) < 4.78 is 12.9. The van der Waals surface area contributed by atoms with Gasteiger partial charge in [-0.05, 0) is 49.8 Å². The van der Waals surface area contributed by atoms with Crippen molar-refractivity contribution in [2.75, 3.05) is 34.0 Å². The Bertz CT molecular complexity index is 778. The zero-order valence-corrected chi connectivity index (χ0v) is 17.3. The summed E-state index contributed by atoms with van der Waals surface area (Å²) in [6, 6.07) is 8.35.